The zero-order valence-corrected chi connectivity index (χ0v) is 41.3. The van der Waals surface area contributed by atoms with Gasteiger partial charge in [-0.3, -0.25) is 9.10 Å². The van der Waals surface area contributed by atoms with Gasteiger partial charge in [-0.25, -0.2) is 0 Å². The van der Waals surface area contributed by atoms with Crippen molar-refractivity contribution >= 4 is 21.9 Å². The Morgan fingerprint density at radius 1 is 0.955 bits per heavy atom. The van der Waals surface area contributed by atoms with Crippen LogP contribution in [0.25, 0.3) is 0 Å². The second kappa shape index (κ2) is 20.2. The predicted octanol–water partition coefficient (Wildman–Crippen LogP) is 3.74. The van der Waals surface area contributed by atoms with Gasteiger partial charge >= 0.3 is 22.4 Å². The molecule has 4 heterocycles. The second-order valence-electron chi connectivity index (χ2n) is 19.8. The van der Waals surface area contributed by atoms with Crippen molar-refractivity contribution in [2.75, 3.05) is 38.7 Å². The highest BCUT2D eigenvalue weighted by Gasteiger charge is 2.67. The van der Waals surface area contributed by atoms with E-state index in [4.69, 9.17) is 33.2 Å². The molecule has 4 aliphatic heterocycles. The molecule has 1 aromatic carbocycles. The molecule has 4 saturated heterocycles. The minimum Gasteiger partial charge on any atom is -0.459 e. The molecule has 0 unspecified atom stereocenters. The number of nitrogens with zero attached hydrogens (tertiary/aromatic N) is 2. The quantitative estimate of drug-likeness (QED) is 0.167. The van der Waals surface area contributed by atoms with Gasteiger partial charge in [-0.15, -0.1) is 0 Å². The number of benzene rings is 1. The number of halogens is 3. The molecule has 0 aliphatic carbocycles. The molecule has 1 aromatic rings. The molecule has 0 radical (unpaired) electrons. The van der Waals surface area contributed by atoms with Crippen LogP contribution < -0.4 is 9.62 Å². The lowest BCUT2D eigenvalue weighted by Crippen LogP contribution is -2.62. The maximum Gasteiger partial charge on any atom is 0.416 e. The molecule has 5 N–H and O–H groups in total. The highest BCUT2D eigenvalue weighted by atomic mass is 32.2. The Morgan fingerprint density at radius 2 is 1.56 bits per heavy atom. The molecule has 21 heteroatoms. The number of esters is 1. The van der Waals surface area contributed by atoms with Gasteiger partial charge in [0.15, 0.2) is 12.6 Å². The van der Waals surface area contributed by atoms with Crippen molar-refractivity contribution in [1.82, 2.24) is 9.62 Å². The first-order valence-electron chi connectivity index (χ1n) is 22.8. The number of methoxy groups -OCH3 is 1. The molecular formula is C45H74F3N3O14S. The lowest BCUT2D eigenvalue weighted by Gasteiger charge is -2.49. The van der Waals surface area contributed by atoms with Crippen LogP contribution in [0.3, 0.4) is 0 Å². The lowest BCUT2D eigenvalue weighted by molar-refractivity contribution is -0.314. The number of carbonyl (C=O) groups excluding carboxylic acids is 1. The fraction of sp³-hybridized carbons (Fsp3) is 0.844. The number of alkyl halides is 3. The minimum absolute atomic E-state index is 0.0153. The Bertz CT molecular complexity index is 1910. The van der Waals surface area contributed by atoms with Crippen LogP contribution in [0.1, 0.15) is 100 Å². The molecule has 1 spiro atoms. The van der Waals surface area contributed by atoms with Crippen LogP contribution >= 0.6 is 0 Å². The van der Waals surface area contributed by atoms with Crippen LogP contribution in [0.5, 0.6) is 0 Å². The Kier molecular flexibility index (Phi) is 16.8. The van der Waals surface area contributed by atoms with Crippen molar-refractivity contribution in [3.8, 4) is 0 Å². The lowest BCUT2D eigenvalue weighted by atomic mass is 9.77. The summed E-state index contributed by atoms with van der Waals surface area (Å²) in [6, 6.07) is 1.73. The van der Waals surface area contributed by atoms with Gasteiger partial charge in [0.1, 0.15) is 35.1 Å². The van der Waals surface area contributed by atoms with E-state index in [0.717, 1.165) is 32.9 Å². The Hall–Kier alpha value is -2.25. The number of ether oxygens (including phenoxy) is 7. The molecule has 4 aliphatic rings. The molecule has 17 nitrogen and oxygen atoms in total. The van der Waals surface area contributed by atoms with E-state index in [1.165, 1.54) is 21.0 Å². The second-order valence-corrected chi connectivity index (χ2v) is 21.9. The smallest absolute Gasteiger partial charge is 0.416 e. The molecule has 66 heavy (non-hydrogen) atoms. The van der Waals surface area contributed by atoms with Gasteiger partial charge in [0.2, 0.25) is 0 Å². The normalized spacial score (nSPS) is 43.5. The van der Waals surface area contributed by atoms with Gasteiger partial charge in [-0.05, 0) is 104 Å². The summed E-state index contributed by atoms with van der Waals surface area (Å²) in [4.78, 5) is 14.4. The molecule has 18 atom stereocenters. The van der Waals surface area contributed by atoms with Crippen LogP contribution in [0.4, 0.5) is 18.9 Å². The summed E-state index contributed by atoms with van der Waals surface area (Å²) in [5.41, 5.74) is -6.30. The molecule has 0 amide bonds. The zero-order chi connectivity index (χ0) is 49.7. The first-order chi connectivity index (χ1) is 30.4. The number of aliphatic hydroxyl groups is 4. The number of cyclic esters (lactones) is 1. The van der Waals surface area contributed by atoms with Crippen LogP contribution in [-0.2, 0) is 54.3 Å². The van der Waals surface area contributed by atoms with E-state index >= 15 is 0 Å². The zero-order valence-electron chi connectivity index (χ0n) is 40.4. The van der Waals surface area contributed by atoms with Crippen molar-refractivity contribution < 1.29 is 80.0 Å². The molecule has 0 bridgehead atoms. The minimum atomic E-state index is -4.63. The van der Waals surface area contributed by atoms with E-state index in [0.29, 0.717) is 6.61 Å². The van der Waals surface area contributed by atoms with Gasteiger partial charge in [-0.1, -0.05) is 20.8 Å². The fourth-order valence-corrected chi connectivity index (χ4v) is 11.6. The monoisotopic (exact) mass is 969 g/mol. The van der Waals surface area contributed by atoms with Crippen molar-refractivity contribution in [3.05, 3.63) is 29.8 Å². The van der Waals surface area contributed by atoms with Crippen molar-refractivity contribution in [3.63, 3.8) is 0 Å². The number of hydrogen-bond acceptors (Lipinski definition) is 15. The van der Waals surface area contributed by atoms with Gasteiger partial charge in [0, 0.05) is 39.6 Å². The van der Waals surface area contributed by atoms with Gasteiger partial charge in [0.25, 0.3) is 0 Å². The third-order valence-corrected chi connectivity index (χ3v) is 16.6. The summed E-state index contributed by atoms with van der Waals surface area (Å²) in [6.07, 6.45) is -14.8. The first kappa shape index (κ1) is 54.7. The third-order valence-electron chi connectivity index (χ3n) is 14.7. The average Bonchev–Trinajstić information content (AvgIpc) is 4.06. The summed E-state index contributed by atoms with van der Waals surface area (Å²) < 4.78 is 114. The SMILES string of the molecule is CC[C@H]1OC(=O)[C@H](C)[C@@H](O[C@H]2C[C@@](C)(OC)[C@]3(CO3)[C@H](C)O2)[C@H](C)[C@@H](O[C@@H]2O[C@H](C)C[C@H](N(C)S(=O)(=O)N(C)c3ccc(C(F)(F)F)cc3)[C@H]2O)[C@](C)(O)C[C@@H](C)CN[C@H](C)[C@@H](O)[C@]1(C)O. The number of carbonyl (C=O) groups is 1. The van der Waals surface area contributed by atoms with Crippen LogP contribution in [-0.4, -0.2) is 163 Å². The average molecular weight is 970 g/mol. The van der Waals surface area contributed by atoms with Crippen molar-refractivity contribution in [2.45, 2.75) is 191 Å². The summed E-state index contributed by atoms with van der Waals surface area (Å²) in [6.45, 7) is 17.5. The Balaban J connectivity index is 1.53. The Morgan fingerprint density at radius 3 is 2.11 bits per heavy atom. The standard InChI is InChI=1S/C45H74F3N3O14S/c1-14-33-43(10,56)37(53)28(6)49-22-24(2)20-41(8,55)38(26(4)36(27(5)39(54)63-33)64-34-21-42(9,59-13)44(23-60-44)29(7)62-34)65-40-35(52)32(19-25(3)61-40)51(12)66(57,58)50(11)31-17-15-30(16-18-31)45(46,47)48/h15-18,24-29,32-38,40,49,52-53,55-56H,14,19-23H2,1-13H3/t24-,25-,26+,27-,28-,29+,32+,33-,34+,35-,36+,37-,38-,40+,41-,42-,43-,44+/m1/s1. The van der Waals surface area contributed by atoms with E-state index in [2.05, 4.69) is 5.32 Å². The summed E-state index contributed by atoms with van der Waals surface area (Å²) in [5.74, 6) is -3.22. The number of epoxide rings is 1. The van der Waals surface area contributed by atoms with Crippen molar-refractivity contribution in [2.24, 2.45) is 17.8 Å². The molecular weight excluding hydrogens is 896 g/mol. The molecule has 0 saturated carbocycles. The number of aliphatic hydroxyl groups excluding tert-OH is 2. The number of rotatable bonds is 10. The molecule has 4 fully saturated rings. The molecule has 5 rings (SSSR count). The Labute approximate surface area is 387 Å². The number of nitrogens with one attached hydrogen (secondary N) is 1. The number of anilines is 1. The van der Waals surface area contributed by atoms with Gasteiger partial charge in [0.05, 0.1) is 59.8 Å². The van der Waals surface area contributed by atoms with E-state index in [1.807, 2.05) is 20.8 Å². The predicted molar refractivity (Wildman–Crippen MR) is 235 cm³/mol. The molecule has 380 valence electrons. The van der Waals surface area contributed by atoms with Crippen LogP contribution in [0.15, 0.2) is 24.3 Å². The topological polar surface area (TPSA) is 219 Å². The van der Waals surface area contributed by atoms with Crippen molar-refractivity contribution in [1.29, 1.82) is 0 Å². The molecule has 0 aromatic heterocycles. The van der Waals surface area contributed by atoms with E-state index in [9.17, 15) is 46.8 Å². The van der Waals surface area contributed by atoms with E-state index in [1.54, 1.807) is 48.7 Å². The first-order valence-corrected chi connectivity index (χ1v) is 24.2. The number of hydrogen-bond donors (Lipinski definition) is 5. The largest absolute Gasteiger partial charge is 0.459 e. The van der Waals surface area contributed by atoms with Crippen LogP contribution in [0, 0.1) is 17.8 Å². The summed E-state index contributed by atoms with van der Waals surface area (Å²) in [5, 5.41) is 51.1. The maximum atomic E-state index is 14.4. The van der Waals surface area contributed by atoms with Gasteiger partial charge < -0.3 is 58.9 Å². The third kappa shape index (κ3) is 11.0. The maximum absolute atomic E-state index is 14.4. The summed E-state index contributed by atoms with van der Waals surface area (Å²) in [7, 11) is -0.508. The number of likely N-dealkylation sites (N-methyl/N-ethyl adjacent to an activating group) is 1. The highest BCUT2D eigenvalue weighted by Crippen LogP contribution is 2.51. The van der Waals surface area contributed by atoms with E-state index < -0.39 is 130 Å². The van der Waals surface area contributed by atoms with Gasteiger partial charge in [-0.2, -0.15) is 25.9 Å². The fourth-order valence-electron chi connectivity index (χ4n) is 10.2. The van der Waals surface area contributed by atoms with E-state index in [-0.39, 0.29) is 43.8 Å². The highest BCUT2D eigenvalue weighted by molar-refractivity contribution is 7.90. The van der Waals surface area contributed by atoms with Crippen LogP contribution in [0.2, 0.25) is 0 Å². The summed E-state index contributed by atoms with van der Waals surface area (Å²) >= 11 is 0.